The fourth-order valence-corrected chi connectivity index (χ4v) is 3.89. The van der Waals surface area contributed by atoms with Gasteiger partial charge in [0, 0.05) is 24.8 Å². The molecule has 0 unspecified atom stereocenters. The van der Waals surface area contributed by atoms with Crippen LogP contribution in [0.4, 0.5) is 17.3 Å². The lowest BCUT2D eigenvalue weighted by molar-refractivity contribution is 0.159. The number of rotatable bonds is 5. The maximum absolute atomic E-state index is 5.94. The number of nitrogens with zero attached hydrogens (tertiary/aromatic N) is 4. The lowest BCUT2D eigenvalue weighted by Gasteiger charge is -2.56. The molecule has 2 aromatic heterocycles. The van der Waals surface area contributed by atoms with Gasteiger partial charge in [0.15, 0.2) is 5.82 Å². The first kappa shape index (κ1) is 19.1. The highest BCUT2D eigenvalue weighted by atomic mass is 16.5. The first-order chi connectivity index (χ1) is 14.4. The molecule has 2 aliphatic rings. The average Bonchev–Trinajstić information content (AvgIpc) is 2.64. The van der Waals surface area contributed by atoms with E-state index in [1.807, 2.05) is 36.4 Å². The maximum Gasteiger partial charge on any atom is 0.160 e. The maximum atomic E-state index is 5.94. The van der Waals surface area contributed by atoms with Crippen LogP contribution >= 0.6 is 0 Å². The molecular weight excluding hydrogens is 376 g/mol. The van der Waals surface area contributed by atoms with Gasteiger partial charge in [0.1, 0.15) is 23.4 Å². The molecule has 1 spiro atoms. The van der Waals surface area contributed by atoms with Crippen molar-refractivity contribution < 1.29 is 4.74 Å². The SMILES string of the molecule is CC(C)(C)COc1cccc(Nc2ncnc3ccc(N4CC5(CCN5)C4)nc23)c1. The van der Waals surface area contributed by atoms with E-state index in [1.165, 1.54) is 6.42 Å². The van der Waals surface area contributed by atoms with Gasteiger partial charge >= 0.3 is 0 Å². The quantitative estimate of drug-likeness (QED) is 0.671. The Labute approximate surface area is 176 Å². The number of nitrogens with one attached hydrogen (secondary N) is 2. The van der Waals surface area contributed by atoms with Crippen LogP contribution in [0.25, 0.3) is 11.0 Å². The highest BCUT2D eigenvalue weighted by Crippen LogP contribution is 2.34. The van der Waals surface area contributed by atoms with Gasteiger partial charge in [0.25, 0.3) is 0 Å². The van der Waals surface area contributed by atoms with Crippen LogP contribution in [0, 0.1) is 5.41 Å². The van der Waals surface area contributed by atoms with E-state index in [0.29, 0.717) is 18.0 Å². The summed E-state index contributed by atoms with van der Waals surface area (Å²) < 4.78 is 5.94. The minimum atomic E-state index is 0.108. The summed E-state index contributed by atoms with van der Waals surface area (Å²) >= 11 is 0. The standard InChI is InChI=1S/C23H28N6O/c1-22(2,3)14-30-17-6-4-5-16(11-17)27-21-20-18(24-15-25-21)7-8-19(28-20)29-12-23(13-29)9-10-26-23/h4-8,11,15,26H,9-10,12-14H2,1-3H3,(H,24,25,27). The molecule has 30 heavy (non-hydrogen) atoms. The zero-order chi connectivity index (χ0) is 20.8. The first-order valence-corrected chi connectivity index (χ1v) is 10.5. The minimum Gasteiger partial charge on any atom is -0.493 e. The van der Waals surface area contributed by atoms with Crippen molar-refractivity contribution in [3.05, 3.63) is 42.7 Å². The lowest BCUT2D eigenvalue weighted by atomic mass is 9.80. The van der Waals surface area contributed by atoms with Crippen LogP contribution in [0.1, 0.15) is 27.2 Å². The van der Waals surface area contributed by atoms with E-state index in [2.05, 4.69) is 46.3 Å². The molecule has 3 aromatic rings. The summed E-state index contributed by atoms with van der Waals surface area (Å²) in [6, 6.07) is 12.0. The van der Waals surface area contributed by atoms with Crippen LogP contribution in [0.2, 0.25) is 0 Å². The Hall–Kier alpha value is -2.93. The zero-order valence-corrected chi connectivity index (χ0v) is 17.8. The molecule has 0 saturated carbocycles. The zero-order valence-electron chi connectivity index (χ0n) is 17.8. The Morgan fingerprint density at radius 1 is 1.17 bits per heavy atom. The Morgan fingerprint density at radius 2 is 2.00 bits per heavy atom. The highest BCUT2D eigenvalue weighted by Gasteiger charge is 2.47. The molecule has 2 fully saturated rings. The van der Waals surface area contributed by atoms with Gasteiger partial charge in [-0.05, 0) is 42.6 Å². The van der Waals surface area contributed by atoms with Crippen LogP contribution in [-0.4, -0.2) is 46.7 Å². The topological polar surface area (TPSA) is 75.2 Å². The fraction of sp³-hybridized carbons (Fsp3) is 0.435. The van der Waals surface area contributed by atoms with Crippen molar-refractivity contribution in [2.75, 3.05) is 36.5 Å². The van der Waals surface area contributed by atoms with E-state index >= 15 is 0 Å². The van der Waals surface area contributed by atoms with Gasteiger partial charge < -0.3 is 20.3 Å². The van der Waals surface area contributed by atoms with E-state index in [0.717, 1.165) is 47.9 Å². The van der Waals surface area contributed by atoms with Crippen LogP contribution in [0.3, 0.4) is 0 Å². The number of anilines is 3. The van der Waals surface area contributed by atoms with Crippen molar-refractivity contribution in [3.63, 3.8) is 0 Å². The molecule has 2 aliphatic heterocycles. The molecule has 7 heteroatoms. The van der Waals surface area contributed by atoms with E-state index in [1.54, 1.807) is 6.33 Å². The molecule has 2 saturated heterocycles. The molecule has 0 atom stereocenters. The average molecular weight is 405 g/mol. The van der Waals surface area contributed by atoms with Gasteiger partial charge in [-0.25, -0.2) is 15.0 Å². The van der Waals surface area contributed by atoms with E-state index in [4.69, 9.17) is 9.72 Å². The van der Waals surface area contributed by atoms with Crippen LogP contribution in [0.15, 0.2) is 42.7 Å². The number of hydrogen-bond acceptors (Lipinski definition) is 7. The summed E-state index contributed by atoms with van der Waals surface area (Å²) in [5.74, 6) is 2.51. The van der Waals surface area contributed by atoms with Gasteiger partial charge in [-0.2, -0.15) is 0 Å². The molecule has 7 nitrogen and oxygen atoms in total. The van der Waals surface area contributed by atoms with Crippen LogP contribution < -0.4 is 20.3 Å². The summed E-state index contributed by atoms with van der Waals surface area (Å²) in [5.41, 5.74) is 2.94. The van der Waals surface area contributed by atoms with Crippen molar-refractivity contribution in [1.29, 1.82) is 0 Å². The Bertz CT molecular complexity index is 1060. The van der Waals surface area contributed by atoms with E-state index < -0.39 is 0 Å². The second-order valence-electron chi connectivity index (χ2n) is 9.57. The third-order valence-corrected chi connectivity index (χ3v) is 5.65. The normalized spacial score (nSPS) is 17.5. The van der Waals surface area contributed by atoms with Crippen molar-refractivity contribution in [3.8, 4) is 5.75 Å². The molecule has 0 radical (unpaired) electrons. The highest BCUT2D eigenvalue weighted by molar-refractivity contribution is 5.88. The second kappa shape index (κ2) is 7.09. The van der Waals surface area contributed by atoms with Crippen molar-refractivity contribution in [2.24, 2.45) is 5.41 Å². The minimum absolute atomic E-state index is 0.108. The third-order valence-electron chi connectivity index (χ3n) is 5.65. The molecule has 1 aromatic carbocycles. The first-order valence-electron chi connectivity index (χ1n) is 10.5. The monoisotopic (exact) mass is 404 g/mol. The van der Waals surface area contributed by atoms with Gasteiger partial charge in [0.05, 0.1) is 17.7 Å². The predicted molar refractivity (Wildman–Crippen MR) is 120 cm³/mol. The molecule has 0 amide bonds. The lowest BCUT2D eigenvalue weighted by Crippen LogP contribution is -2.76. The van der Waals surface area contributed by atoms with Gasteiger partial charge in [0.2, 0.25) is 0 Å². The predicted octanol–water partition coefficient (Wildman–Crippen LogP) is 3.75. The summed E-state index contributed by atoms with van der Waals surface area (Å²) in [6.07, 6.45) is 2.82. The van der Waals surface area contributed by atoms with E-state index in [9.17, 15) is 0 Å². The molecule has 0 aliphatic carbocycles. The number of aromatic nitrogens is 3. The number of ether oxygens (including phenoxy) is 1. The molecule has 4 heterocycles. The summed E-state index contributed by atoms with van der Waals surface area (Å²) in [6.45, 7) is 10.3. The summed E-state index contributed by atoms with van der Waals surface area (Å²) in [4.78, 5) is 16.0. The van der Waals surface area contributed by atoms with Crippen molar-refractivity contribution in [1.82, 2.24) is 20.3 Å². The summed E-state index contributed by atoms with van der Waals surface area (Å²) in [7, 11) is 0. The van der Waals surface area contributed by atoms with Crippen LogP contribution in [0.5, 0.6) is 5.75 Å². The molecule has 156 valence electrons. The Balaban J connectivity index is 1.37. The third kappa shape index (κ3) is 3.77. The van der Waals surface area contributed by atoms with Crippen LogP contribution in [-0.2, 0) is 0 Å². The van der Waals surface area contributed by atoms with E-state index in [-0.39, 0.29) is 5.41 Å². The summed E-state index contributed by atoms with van der Waals surface area (Å²) in [5, 5.41) is 6.95. The second-order valence-corrected chi connectivity index (χ2v) is 9.57. The number of fused-ring (bicyclic) bond motifs is 1. The van der Waals surface area contributed by atoms with Gasteiger partial charge in [-0.3, -0.25) is 0 Å². The molecule has 0 bridgehead atoms. The number of pyridine rings is 1. The molecule has 5 rings (SSSR count). The number of benzene rings is 1. The van der Waals surface area contributed by atoms with Crippen molar-refractivity contribution >= 4 is 28.4 Å². The van der Waals surface area contributed by atoms with Gasteiger partial charge in [-0.15, -0.1) is 0 Å². The number of hydrogen-bond donors (Lipinski definition) is 2. The fourth-order valence-electron chi connectivity index (χ4n) is 3.89. The largest absolute Gasteiger partial charge is 0.493 e. The Kier molecular flexibility index (Phi) is 4.50. The van der Waals surface area contributed by atoms with Crippen molar-refractivity contribution in [2.45, 2.75) is 32.7 Å². The molecule has 2 N–H and O–H groups in total. The molecular formula is C23H28N6O. The smallest absolute Gasteiger partial charge is 0.160 e. The Morgan fingerprint density at radius 3 is 2.73 bits per heavy atom. The van der Waals surface area contributed by atoms with Gasteiger partial charge in [-0.1, -0.05) is 26.8 Å².